The Morgan fingerprint density at radius 1 is 1.06 bits per heavy atom. The van der Waals surface area contributed by atoms with E-state index in [9.17, 15) is 4.79 Å². The molecule has 184 valence electrons. The molecule has 4 aliphatic rings. The third-order valence-corrected chi connectivity index (χ3v) is 7.79. The average Bonchev–Trinajstić information content (AvgIpc) is 3.20. The van der Waals surface area contributed by atoms with Gasteiger partial charge in [-0.3, -0.25) is 9.79 Å². The molecule has 1 amide bonds. The summed E-state index contributed by atoms with van der Waals surface area (Å²) in [7, 11) is 0. The lowest BCUT2D eigenvalue weighted by molar-refractivity contribution is -0.750. The second kappa shape index (κ2) is 9.48. The van der Waals surface area contributed by atoms with E-state index < -0.39 is 0 Å². The molecule has 6 rings (SSSR count). The van der Waals surface area contributed by atoms with Crippen LogP contribution in [0.2, 0.25) is 0 Å². The summed E-state index contributed by atoms with van der Waals surface area (Å²) in [5.41, 5.74) is 3.97. The minimum Gasteiger partial charge on any atom is -0.489 e. The molecule has 1 atom stereocenters. The van der Waals surface area contributed by atoms with Gasteiger partial charge in [-0.2, -0.15) is 10.8 Å². The summed E-state index contributed by atoms with van der Waals surface area (Å²) in [6, 6.07) is 18.1. The molecule has 1 saturated heterocycles. The first-order valence-electron chi connectivity index (χ1n) is 12.9. The van der Waals surface area contributed by atoms with Gasteiger partial charge >= 0.3 is 0 Å². The fraction of sp³-hybridized carbons (Fsp3) is 0.345. The molecule has 7 heteroatoms. The van der Waals surface area contributed by atoms with Crippen LogP contribution in [0.4, 0.5) is 0 Å². The van der Waals surface area contributed by atoms with E-state index >= 15 is 0 Å². The Kier molecular flexibility index (Phi) is 6.03. The number of benzene rings is 2. The van der Waals surface area contributed by atoms with Gasteiger partial charge in [-0.25, -0.2) is 0 Å². The highest BCUT2D eigenvalue weighted by atomic mass is 16.5. The van der Waals surface area contributed by atoms with Crippen molar-refractivity contribution in [3.05, 3.63) is 89.5 Å². The number of amides is 1. The summed E-state index contributed by atoms with van der Waals surface area (Å²) >= 11 is 0. The summed E-state index contributed by atoms with van der Waals surface area (Å²) < 4.78 is 6.08. The molecule has 2 N–H and O–H groups in total. The van der Waals surface area contributed by atoms with Crippen molar-refractivity contribution in [3.63, 3.8) is 0 Å². The van der Waals surface area contributed by atoms with Crippen molar-refractivity contribution in [1.82, 2.24) is 4.90 Å². The number of rotatable bonds is 6. The molecule has 36 heavy (non-hydrogen) atoms. The van der Waals surface area contributed by atoms with Crippen molar-refractivity contribution in [2.45, 2.75) is 38.7 Å². The van der Waals surface area contributed by atoms with Gasteiger partial charge in [-0.1, -0.05) is 36.4 Å². The molecule has 2 aromatic rings. The van der Waals surface area contributed by atoms with E-state index in [2.05, 4.69) is 17.1 Å². The molecular weight excluding hydrogens is 450 g/mol. The van der Waals surface area contributed by atoms with E-state index in [0.717, 1.165) is 79.3 Å². The Hall–Kier alpha value is -3.55. The number of amidine groups is 1. The largest absolute Gasteiger partial charge is 0.489 e. The Morgan fingerprint density at radius 3 is 2.61 bits per heavy atom. The Labute approximate surface area is 211 Å². The van der Waals surface area contributed by atoms with Crippen LogP contribution in [-0.2, 0) is 11.4 Å². The standard InChI is InChI=1S/C29H32N5O2/c30-34-17-14-31-19-26(34)27(22-10-12-23(13-11-22)29(35)33-15-5-16-33)32-28(34)24-8-4-9-25(18-24)36-20-21-6-2-1-3-7-21/h1-4,6-9,14,17-19,22-23H,5,10-13,15-16,20,30H2/q+1. The summed E-state index contributed by atoms with van der Waals surface area (Å²) in [5, 5.41) is 0. The molecule has 1 saturated carbocycles. The number of fused-ring (bicyclic) bond motifs is 1. The average molecular weight is 483 g/mol. The predicted molar refractivity (Wildman–Crippen MR) is 140 cm³/mol. The second-order valence-electron chi connectivity index (χ2n) is 10.1. The molecule has 0 radical (unpaired) electrons. The lowest BCUT2D eigenvalue weighted by atomic mass is 9.79. The quantitative estimate of drug-likeness (QED) is 0.486. The number of nitrogens with two attached hydrogens (primary N) is 1. The molecular formula is C29H32N5O2+. The fourth-order valence-electron chi connectivity index (χ4n) is 5.58. The highest BCUT2D eigenvalue weighted by molar-refractivity contribution is 6.00. The van der Waals surface area contributed by atoms with Crippen LogP contribution in [0.15, 0.2) is 88.4 Å². The van der Waals surface area contributed by atoms with Gasteiger partial charge in [0.05, 0.1) is 18.0 Å². The lowest BCUT2D eigenvalue weighted by Gasteiger charge is -2.36. The molecule has 2 fully saturated rings. The normalized spacial score (nSPS) is 26.9. The van der Waals surface area contributed by atoms with Crippen molar-refractivity contribution >= 4 is 18.0 Å². The number of carbonyl (C=O) groups is 1. The molecule has 7 nitrogen and oxygen atoms in total. The van der Waals surface area contributed by atoms with Crippen LogP contribution >= 0.6 is 0 Å². The topological polar surface area (TPSA) is 80.3 Å². The highest BCUT2D eigenvalue weighted by Crippen LogP contribution is 2.41. The van der Waals surface area contributed by atoms with Crippen LogP contribution < -0.4 is 10.6 Å². The van der Waals surface area contributed by atoms with Gasteiger partial charge in [0.15, 0.2) is 0 Å². The SMILES string of the molecule is N[N+]12C=CN=CC1=C(C1CCC(C(=O)N3CCC3)CC1)N=C2c1cccc(OCc2ccccc2)c1. The molecule has 2 aromatic carbocycles. The van der Waals surface area contributed by atoms with E-state index in [1.807, 2.05) is 59.8 Å². The van der Waals surface area contributed by atoms with E-state index in [-0.39, 0.29) is 16.4 Å². The maximum absolute atomic E-state index is 12.7. The summed E-state index contributed by atoms with van der Waals surface area (Å²) in [4.78, 5) is 24.3. The zero-order valence-electron chi connectivity index (χ0n) is 20.4. The van der Waals surface area contributed by atoms with Gasteiger partial charge in [0.25, 0.3) is 5.84 Å². The van der Waals surface area contributed by atoms with Crippen molar-refractivity contribution in [2.75, 3.05) is 13.1 Å². The third kappa shape index (κ3) is 4.18. The van der Waals surface area contributed by atoms with Crippen LogP contribution in [-0.4, -0.2) is 40.5 Å². The van der Waals surface area contributed by atoms with E-state index in [4.69, 9.17) is 15.6 Å². The van der Waals surface area contributed by atoms with Gasteiger partial charge in [0, 0.05) is 24.9 Å². The number of hydrogen-bond acceptors (Lipinski definition) is 5. The minimum absolute atomic E-state index is 0.00755. The Bertz CT molecular complexity index is 1270. The number of allylic oxidation sites excluding steroid dienone is 2. The van der Waals surface area contributed by atoms with Crippen LogP contribution in [0, 0.1) is 11.8 Å². The summed E-state index contributed by atoms with van der Waals surface area (Å²) in [6.07, 6.45) is 10.3. The zero-order valence-corrected chi connectivity index (χ0v) is 20.4. The number of aliphatic imine (C=N–C) groups is 2. The molecule has 3 aliphatic heterocycles. The molecule has 1 aliphatic carbocycles. The van der Waals surface area contributed by atoms with E-state index in [0.29, 0.717) is 12.5 Å². The van der Waals surface area contributed by atoms with Crippen LogP contribution in [0.25, 0.3) is 0 Å². The molecule has 0 bridgehead atoms. The Morgan fingerprint density at radius 2 is 1.86 bits per heavy atom. The van der Waals surface area contributed by atoms with Crippen LogP contribution in [0.1, 0.15) is 43.2 Å². The highest BCUT2D eigenvalue weighted by Gasteiger charge is 2.46. The first-order chi connectivity index (χ1) is 17.6. The maximum atomic E-state index is 12.7. The number of likely N-dealkylation sites (tertiary alicyclic amines) is 1. The second-order valence-corrected chi connectivity index (χ2v) is 10.1. The zero-order chi connectivity index (χ0) is 24.5. The minimum atomic E-state index is 0.00755. The van der Waals surface area contributed by atoms with Gasteiger partial charge in [0.1, 0.15) is 24.3 Å². The van der Waals surface area contributed by atoms with Crippen molar-refractivity contribution < 1.29 is 14.1 Å². The smallest absolute Gasteiger partial charge is 0.265 e. The molecule has 0 spiro atoms. The van der Waals surface area contributed by atoms with Gasteiger partial charge < -0.3 is 9.64 Å². The van der Waals surface area contributed by atoms with E-state index in [1.54, 1.807) is 6.20 Å². The van der Waals surface area contributed by atoms with Crippen molar-refractivity contribution in [2.24, 2.45) is 27.7 Å². The molecule has 3 heterocycles. The van der Waals surface area contributed by atoms with E-state index in [1.165, 1.54) is 0 Å². The van der Waals surface area contributed by atoms with Gasteiger partial charge in [0.2, 0.25) is 11.6 Å². The monoisotopic (exact) mass is 482 g/mol. The predicted octanol–water partition coefficient (Wildman–Crippen LogP) is 4.52. The first kappa shape index (κ1) is 22.9. The van der Waals surface area contributed by atoms with Crippen molar-refractivity contribution in [3.8, 4) is 5.75 Å². The number of nitrogens with zero attached hydrogens (tertiary/aromatic N) is 4. The first-order valence-corrected chi connectivity index (χ1v) is 12.9. The number of quaternary nitrogens is 1. The number of hydrogen-bond donors (Lipinski definition) is 1. The summed E-state index contributed by atoms with van der Waals surface area (Å²) in [6.45, 7) is 2.34. The maximum Gasteiger partial charge on any atom is 0.265 e. The lowest BCUT2D eigenvalue weighted by Crippen LogP contribution is -2.53. The van der Waals surface area contributed by atoms with Crippen molar-refractivity contribution in [1.29, 1.82) is 0 Å². The van der Waals surface area contributed by atoms with Gasteiger partial charge in [-0.15, -0.1) is 4.59 Å². The number of carbonyl (C=O) groups excluding carboxylic acids is 1. The third-order valence-electron chi connectivity index (χ3n) is 7.79. The number of ether oxygens (including phenoxy) is 1. The molecule has 1 unspecified atom stereocenters. The summed E-state index contributed by atoms with van der Waals surface area (Å²) in [5.74, 6) is 9.27. The Balaban J connectivity index is 1.22. The van der Waals surface area contributed by atoms with Crippen LogP contribution in [0.3, 0.4) is 0 Å². The fourth-order valence-corrected chi connectivity index (χ4v) is 5.58. The molecule has 0 aromatic heterocycles. The van der Waals surface area contributed by atoms with Crippen LogP contribution in [0.5, 0.6) is 5.75 Å². The van der Waals surface area contributed by atoms with Gasteiger partial charge in [-0.05, 0) is 55.9 Å².